The first-order valence-corrected chi connectivity index (χ1v) is 6.35. The van der Waals surface area contributed by atoms with Crippen LogP contribution >= 0.6 is 0 Å². The van der Waals surface area contributed by atoms with Gasteiger partial charge in [-0.3, -0.25) is 4.79 Å². The Morgan fingerprint density at radius 3 is 2.61 bits per heavy atom. The van der Waals surface area contributed by atoms with Crippen LogP contribution in [0.3, 0.4) is 0 Å². The molecule has 1 saturated carbocycles. The molecule has 3 N–H and O–H groups in total. The zero-order valence-corrected chi connectivity index (χ0v) is 11.2. The van der Waals surface area contributed by atoms with Gasteiger partial charge in [0.15, 0.2) is 0 Å². The Kier molecular flexibility index (Phi) is 3.45. The lowest BCUT2D eigenvalue weighted by molar-refractivity contribution is 0.0828. The molecule has 98 valence electrons. The number of nitrogens with one attached hydrogen (secondary N) is 1. The molecule has 4 nitrogen and oxygen atoms in total. The first kappa shape index (κ1) is 12.7. The summed E-state index contributed by atoms with van der Waals surface area (Å²) in [5, 5.41) is 3.43. The number of nitrogens with two attached hydrogens (primary N) is 1. The molecular weight excluding hydrogens is 226 g/mol. The predicted molar refractivity (Wildman–Crippen MR) is 74.7 cm³/mol. The van der Waals surface area contributed by atoms with Crippen LogP contribution in [0, 0.1) is 5.92 Å². The molecule has 2 rings (SSSR count). The molecule has 1 fully saturated rings. The van der Waals surface area contributed by atoms with Crippen molar-refractivity contribution in [3.05, 3.63) is 23.8 Å². The van der Waals surface area contributed by atoms with E-state index in [9.17, 15) is 4.79 Å². The molecule has 0 bridgehead atoms. The molecule has 0 aromatic heterocycles. The predicted octanol–water partition coefficient (Wildman–Crippen LogP) is 2.18. The largest absolute Gasteiger partial charge is 0.399 e. The molecule has 0 unspecified atom stereocenters. The second-order valence-electron chi connectivity index (χ2n) is 5.42. The number of benzene rings is 1. The first-order chi connectivity index (χ1) is 8.47. The summed E-state index contributed by atoms with van der Waals surface area (Å²) in [5.74, 6) is 0.779. The monoisotopic (exact) mass is 247 g/mol. The molecule has 1 aliphatic carbocycles. The van der Waals surface area contributed by atoms with Crippen LogP contribution in [0.4, 0.5) is 11.4 Å². The average Bonchev–Trinajstić information content (AvgIpc) is 2.26. The van der Waals surface area contributed by atoms with E-state index in [1.54, 1.807) is 31.1 Å². The number of amides is 1. The number of anilines is 2. The van der Waals surface area contributed by atoms with Gasteiger partial charge >= 0.3 is 0 Å². The second kappa shape index (κ2) is 4.88. The third kappa shape index (κ3) is 2.58. The van der Waals surface area contributed by atoms with E-state index in [1.807, 2.05) is 6.07 Å². The first-order valence-electron chi connectivity index (χ1n) is 6.35. The van der Waals surface area contributed by atoms with Gasteiger partial charge in [-0.2, -0.15) is 0 Å². The summed E-state index contributed by atoms with van der Waals surface area (Å²) in [6.07, 6.45) is 2.31. The Morgan fingerprint density at radius 1 is 1.39 bits per heavy atom. The summed E-state index contributed by atoms with van der Waals surface area (Å²) >= 11 is 0. The molecule has 0 radical (unpaired) electrons. The van der Waals surface area contributed by atoms with Crippen molar-refractivity contribution in [3.8, 4) is 0 Å². The van der Waals surface area contributed by atoms with Crippen molar-refractivity contribution in [2.75, 3.05) is 25.1 Å². The van der Waals surface area contributed by atoms with E-state index in [-0.39, 0.29) is 5.91 Å². The van der Waals surface area contributed by atoms with Crippen molar-refractivity contribution in [1.82, 2.24) is 4.90 Å². The Morgan fingerprint density at radius 2 is 2.06 bits per heavy atom. The highest BCUT2D eigenvalue weighted by Crippen LogP contribution is 2.31. The average molecular weight is 247 g/mol. The van der Waals surface area contributed by atoms with Crippen LogP contribution in [0.2, 0.25) is 0 Å². The SMILES string of the molecule is CC1CC(Nc2cc(N)ccc2C(=O)N(C)C)C1. The molecule has 18 heavy (non-hydrogen) atoms. The molecular formula is C14H21N3O. The van der Waals surface area contributed by atoms with Crippen LogP contribution in [-0.4, -0.2) is 30.9 Å². The van der Waals surface area contributed by atoms with Crippen molar-refractivity contribution < 1.29 is 4.79 Å². The summed E-state index contributed by atoms with van der Waals surface area (Å²) in [7, 11) is 3.52. The minimum absolute atomic E-state index is 0.00451. The number of nitrogen functional groups attached to an aromatic ring is 1. The second-order valence-corrected chi connectivity index (χ2v) is 5.42. The number of carbonyl (C=O) groups is 1. The summed E-state index contributed by atoms with van der Waals surface area (Å²) in [6.45, 7) is 2.24. The summed E-state index contributed by atoms with van der Waals surface area (Å²) in [5.41, 5.74) is 8.02. The highest BCUT2D eigenvalue weighted by Gasteiger charge is 2.26. The molecule has 0 spiro atoms. The molecule has 0 aliphatic heterocycles. The lowest BCUT2D eigenvalue weighted by Gasteiger charge is -2.34. The summed E-state index contributed by atoms with van der Waals surface area (Å²) in [6, 6.07) is 5.88. The van der Waals surface area contributed by atoms with E-state index >= 15 is 0 Å². The third-order valence-corrected chi connectivity index (χ3v) is 3.41. The lowest BCUT2D eigenvalue weighted by Crippen LogP contribution is -2.34. The minimum atomic E-state index is 0.00451. The van der Waals surface area contributed by atoms with E-state index < -0.39 is 0 Å². The maximum absolute atomic E-state index is 12.1. The van der Waals surface area contributed by atoms with Gasteiger partial charge in [0, 0.05) is 31.5 Å². The summed E-state index contributed by atoms with van der Waals surface area (Å²) in [4.78, 5) is 13.7. The standard InChI is InChI=1S/C14H21N3O/c1-9-6-11(7-9)16-13-8-10(15)4-5-12(13)14(18)17(2)3/h4-5,8-9,11,16H,6-7,15H2,1-3H3. The van der Waals surface area contributed by atoms with Gasteiger partial charge in [0.25, 0.3) is 5.91 Å². The normalized spacial score (nSPS) is 22.2. The Labute approximate surface area is 108 Å². The molecule has 1 aromatic carbocycles. The van der Waals surface area contributed by atoms with Crippen molar-refractivity contribution in [2.45, 2.75) is 25.8 Å². The Balaban J connectivity index is 2.21. The zero-order valence-electron chi connectivity index (χ0n) is 11.2. The van der Waals surface area contributed by atoms with Gasteiger partial charge in [0.05, 0.1) is 5.56 Å². The topological polar surface area (TPSA) is 58.4 Å². The third-order valence-electron chi connectivity index (χ3n) is 3.41. The van der Waals surface area contributed by atoms with Gasteiger partial charge in [-0.1, -0.05) is 6.92 Å². The molecule has 1 aromatic rings. The minimum Gasteiger partial charge on any atom is -0.399 e. The highest BCUT2D eigenvalue weighted by molar-refractivity contribution is 6.00. The number of hydrogen-bond acceptors (Lipinski definition) is 3. The van der Waals surface area contributed by atoms with Crippen LogP contribution in [0.5, 0.6) is 0 Å². The molecule has 1 amide bonds. The van der Waals surface area contributed by atoms with Gasteiger partial charge in [-0.05, 0) is 37.0 Å². The molecule has 0 atom stereocenters. The van der Waals surface area contributed by atoms with Crippen LogP contribution in [0.15, 0.2) is 18.2 Å². The van der Waals surface area contributed by atoms with Crippen LogP contribution in [0.25, 0.3) is 0 Å². The fraction of sp³-hybridized carbons (Fsp3) is 0.500. The van der Waals surface area contributed by atoms with Crippen LogP contribution in [0.1, 0.15) is 30.1 Å². The number of hydrogen-bond donors (Lipinski definition) is 2. The van der Waals surface area contributed by atoms with E-state index in [2.05, 4.69) is 12.2 Å². The van der Waals surface area contributed by atoms with E-state index in [4.69, 9.17) is 5.73 Å². The number of nitrogens with zero attached hydrogens (tertiary/aromatic N) is 1. The van der Waals surface area contributed by atoms with Gasteiger partial charge in [0.2, 0.25) is 0 Å². The quantitative estimate of drug-likeness (QED) is 0.805. The van der Waals surface area contributed by atoms with Crippen molar-refractivity contribution in [1.29, 1.82) is 0 Å². The van der Waals surface area contributed by atoms with Gasteiger partial charge in [-0.15, -0.1) is 0 Å². The smallest absolute Gasteiger partial charge is 0.255 e. The van der Waals surface area contributed by atoms with Gasteiger partial charge < -0.3 is 16.0 Å². The molecule has 1 aliphatic rings. The summed E-state index contributed by atoms with van der Waals surface area (Å²) < 4.78 is 0. The van der Waals surface area contributed by atoms with Gasteiger partial charge in [0.1, 0.15) is 0 Å². The van der Waals surface area contributed by atoms with E-state index in [1.165, 1.54) is 0 Å². The maximum atomic E-state index is 12.1. The number of carbonyl (C=O) groups excluding carboxylic acids is 1. The van der Waals surface area contributed by atoms with E-state index in [0.29, 0.717) is 17.3 Å². The van der Waals surface area contributed by atoms with Crippen molar-refractivity contribution >= 4 is 17.3 Å². The Bertz CT molecular complexity index is 450. The van der Waals surface area contributed by atoms with Gasteiger partial charge in [-0.25, -0.2) is 0 Å². The van der Waals surface area contributed by atoms with Crippen molar-refractivity contribution in [2.24, 2.45) is 5.92 Å². The fourth-order valence-electron chi connectivity index (χ4n) is 2.35. The van der Waals surface area contributed by atoms with Crippen LogP contribution in [-0.2, 0) is 0 Å². The van der Waals surface area contributed by atoms with Crippen LogP contribution < -0.4 is 11.1 Å². The lowest BCUT2D eigenvalue weighted by atomic mass is 9.81. The maximum Gasteiger partial charge on any atom is 0.255 e. The highest BCUT2D eigenvalue weighted by atomic mass is 16.2. The zero-order chi connectivity index (χ0) is 13.3. The number of rotatable bonds is 3. The molecule has 0 heterocycles. The van der Waals surface area contributed by atoms with Crippen molar-refractivity contribution in [3.63, 3.8) is 0 Å². The fourth-order valence-corrected chi connectivity index (χ4v) is 2.35. The Hall–Kier alpha value is -1.71. The van der Waals surface area contributed by atoms with E-state index in [0.717, 1.165) is 24.4 Å². The molecule has 0 saturated heterocycles. The molecule has 4 heteroatoms.